The Labute approximate surface area is 446 Å². The minimum atomic E-state index is -1.22. The van der Waals surface area contributed by atoms with Crippen molar-refractivity contribution in [2.24, 2.45) is 80.8 Å². The van der Waals surface area contributed by atoms with Crippen LogP contribution in [-0.4, -0.2) is 134 Å². The average molecular weight is 1040 g/mol. The highest BCUT2D eigenvalue weighted by atomic mass is 16.5. The maximum Gasteiger partial charge on any atom is 0.309 e. The molecule has 2 saturated heterocycles. The summed E-state index contributed by atoms with van der Waals surface area (Å²) in [4.78, 5) is 120. The van der Waals surface area contributed by atoms with Crippen molar-refractivity contribution in [1.82, 2.24) is 14.7 Å². The fourth-order valence-corrected chi connectivity index (χ4v) is 13.0. The molecular formula is C59H101N3O12. The number of carboxylic acids is 1. The van der Waals surface area contributed by atoms with Gasteiger partial charge in [0.05, 0.1) is 67.9 Å². The quantitative estimate of drug-likeness (QED) is 0.0277. The molecule has 0 radical (unpaired) electrons. The van der Waals surface area contributed by atoms with Crippen molar-refractivity contribution in [3.63, 3.8) is 0 Å². The molecule has 1 N–H and O–H groups in total. The van der Waals surface area contributed by atoms with Gasteiger partial charge in [0.15, 0.2) is 0 Å². The molecule has 3 rings (SSSR count). The fourth-order valence-electron chi connectivity index (χ4n) is 13.0. The molecule has 0 aromatic heterocycles. The molecule has 15 heteroatoms. The van der Waals surface area contributed by atoms with Crippen LogP contribution in [0.4, 0.5) is 0 Å². The van der Waals surface area contributed by atoms with Crippen LogP contribution >= 0.6 is 0 Å². The Kier molecular flexibility index (Phi) is 24.6. The smallest absolute Gasteiger partial charge is 0.309 e. The van der Waals surface area contributed by atoms with Gasteiger partial charge in [-0.3, -0.25) is 48.2 Å². The lowest BCUT2D eigenvalue weighted by Gasteiger charge is -2.42. The third-order valence-electron chi connectivity index (χ3n) is 16.8. The molecular weight excluding hydrogens is 943 g/mol. The molecule has 74 heavy (non-hydrogen) atoms. The second kappa shape index (κ2) is 28.2. The number of amides is 4. The van der Waals surface area contributed by atoms with Crippen LogP contribution in [0.3, 0.4) is 0 Å². The fraction of sp³-hybridized carbons (Fsp3) is 0.864. The predicted octanol–water partition coefficient (Wildman–Crippen LogP) is 9.56. The van der Waals surface area contributed by atoms with E-state index in [4.69, 9.17) is 14.2 Å². The summed E-state index contributed by atoms with van der Waals surface area (Å²) >= 11 is 0. The van der Waals surface area contributed by atoms with Gasteiger partial charge in [0.1, 0.15) is 11.6 Å². The molecule has 3 aliphatic rings. The summed E-state index contributed by atoms with van der Waals surface area (Å²) in [5, 5.41) is 10.5. The summed E-state index contributed by atoms with van der Waals surface area (Å²) in [7, 11) is 5.30. The van der Waals surface area contributed by atoms with E-state index in [1.807, 2.05) is 74.4 Å². The molecule has 1 aliphatic carbocycles. The third kappa shape index (κ3) is 16.7. The highest BCUT2D eigenvalue weighted by Crippen LogP contribution is 2.56. The zero-order valence-corrected chi connectivity index (χ0v) is 48.9. The van der Waals surface area contributed by atoms with Crippen molar-refractivity contribution < 1.29 is 57.7 Å². The highest BCUT2D eigenvalue weighted by molar-refractivity contribution is 6.12. The van der Waals surface area contributed by atoms with Crippen LogP contribution in [0.25, 0.3) is 0 Å². The molecule has 3 fully saturated rings. The Morgan fingerprint density at radius 1 is 0.622 bits per heavy atom. The molecule has 10 atom stereocenters. The zero-order valence-electron chi connectivity index (χ0n) is 48.9. The number of unbranched alkanes of at least 4 members (excludes halogenated alkanes) is 9. The first kappa shape index (κ1) is 64.7. The number of hydrogen-bond acceptors (Lipinski definition) is 12. The Morgan fingerprint density at radius 3 is 1.58 bits per heavy atom. The molecule has 10 unspecified atom stereocenters. The van der Waals surface area contributed by atoms with Gasteiger partial charge in [-0.15, -0.1) is 0 Å². The number of carbonyl (C=O) groups excluding carboxylic acids is 7. The van der Waals surface area contributed by atoms with Gasteiger partial charge in [-0.1, -0.05) is 141 Å². The van der Waals surface area contributed by atoms with Crippen LogP contribution in [0.15, 0.2) is 0 Å². The molecule has 0 spiro atoms. The van der Waals surface area contributed by atoms with Gasteiger partial charge < -0.3 is 24.2 Å². The van der Waals surface area contributed by atoms with Crippen LogP contribution < -0.4 is 0 Å². The lowest BCUT2D eigenvalue weighted by Crippen LogP contribution is -2.44. The standard InChI is InChI=1S/C59H101N3O12/c1-17-19-20-21-22-23-24-25-26-27-28-61-50(65)43(46(52(61)67)58(10,11)34-40(54(69)70)39(4)55(71)74-18-2)36-59(12,13)47-42(51(66)62(53(47)68)30-29-60(14)15)35-57(8,9)45-41(33-56(5,6)7)48(63)44(49(45)64)38(3)37-73-32-31-72-16/h38-47H,17-37H2,1-16H3,(H,69,70). The van der Waals surface area contributed by atoms with E-state index in [-0.39, 0.29) is 80.3 Å². The van der Waals surface area contributed by atoms with Crippen LogP contribution in [0, 0.1) is 80.8 Å². The van der Waals surface area contributed by atoms with Gasteiger partial charge in [-0.05, 0) is 80.7 Å². The number of ether oxygens (including phenoxy) is 3. The van der Waals surface area contributed by atoms with Crippen LogP contribution in [-0.2, 0) is 52.6 Å². The number of hydrogen-bond donors (Lipinski definition) is 1. The number of carbonyl (C=O) groups is 8. The Hall–Kier alpha value is -3.56. The minimum absolute atomic E-state index is 0.0314. The average Bonchev–Trinajstić information content (AvgIpc) is 3.78. The van der Waals surface area contributed by atoms with E-state index in [0.29, 0.717) is 32.6 Å². The Morgan fingerprint density at radius 2 is 1.11 bits per heavy atom. The van der Waals surface area contributed by atoms with E-state index < -0.39 is 93.3 Å². The maximum atomic E-state index is 15.1. The van der Waals surface area contributed by atoms with Crippen molar-refractivity contribution in [2.75, 3.05) is 67.3 Å². The van der Waals surface area contributed by atoms with E-state index in [1.54, 1.807) is 27.9 Å². The normalized spacial score (nSPS) is 24.5. The molecule has 4 amide bonds. The van der Waals surface area contributed by atoms with E-state index in [0.717, 1.165) is 25.7 Å². The second-order valence-electron chi connectivity index (χ2n) is 26.0. The number of nitrogens with zero attached hydrogens (tertiary/aromatic N) is 3. The molecule has 0 bridgehead atoms. The molecule has 2 heterocycles. The zero-order chi connectivity index (χ0) is 56.1. The number of imide groups is 2. The van der Waals surface area contributed by atoms with Gasteiger partial charge >= 0.3 is 11.9 Å². The van der Waals surface area contributed by atoms with Crippen LogP contribution in [0.2, 0.25) is 0 Å². The largest absolute Gasteiger partial charge is 0.481 e. The number of methoxy groups -OCH3 is 1. The first-order chi connectivity index (χ1) is 34.4. The predicted molar refractivity (Wildman–Crippen MR) is 286 cm³/mol. The summed E-state index contributed by atoms with van der Waals surface area (Å²) in [5.74, 6) is -12.5. The highest BCUT2D eigenvalue weighted by Gasteiger charge is 2.62. The topological polar surface area (TPSA) is 194 Å². The summed E-state index contributed by atoms with van der Waals surface area (Å²) in [5.41, 5.74) is -3.48. The van der Waals surface area contributed by atoms with Crippen molar-refractivity contribution in [3.8, 4) is 0 Å². The number of carboxylic acid groups (broad SMARTS) is 1. The number of Topliss-reactive ketones (excluding diaryl/α,β-unsaturated/α-hetero) is 2. The second-order valence-corrected chi connectivity index (χ2v) is 26.0. The number of likely N-dealkylation sites (N-methyl/N-ethyl adjacent to an activating group) is 1. The third-order valence-corrected chi connectivity index (χ3v) is 16.8. The van der Waals surface area contributed by atoms with Crippen molar-refractivity contribution in [1.29, 1.82) is 0 Å². The van der Waals surface area contributed by atoms with E-state index in [1.165, 1.54) is 48.8 Å². The summed E-state index contributed by atoms with van der Waals surface area (Å²) in [6, 6.07) is 0. The SMILES string of the molecule is CCCCCCCCCCCCN1C(=O)C(CC(C)(C)C2C(=O)N(CCN(C)C)C(=O)C2CC(C)(C)C2C(=O)C(C(C)COCCOC)C(=O)C2CC(C)(C)C)C(C(C)(C)CC(C(=O)O)C(C)C(=O)OCC)C1=O. The van der Waals surface area contributed by atoms with Crippen molar-refractivity contribution >= 4 is 47.1 Å². The lowest BCUT2D eigenvalue weighted by atomic mass is 9.59. The lowest BCUT2D eigenvalue weighted by molar-refractivity contribution is -0.158. The van der Waals surface area contributed by atoms with Crippen molar-refractivity contribution in [3.05, 3.63) is 0 Å². The Bertz CT molecular complexity index is 1920. The molecule has 0 aromatic carbocycles. The Balaban J connectivity index is 2.11. The van der Waals surface area contributed by atoms with Gasteiger partial charge in [0.2, 0.25) is 23.6 Å². The summed E-state index contributed by atoms with van der Waals surface area (Å²) in [6.45, 7) is 26.3. The van der Waals surface area contributed by atoms with Crippen molar-refractivity contribution in [2.45, 2.75) is 180 Å². The molecule has 15 nitrogen and oxygen atoms in total. The number of rotatable bonds is 34. The molecule has 424 valence electrons. The van der Waals surface area contributed by atoms with Gasteiger partial charge in [-0.25, -0.2) is 0 Å². The maximum absolute atomic E-state index is 15.1. The number of aliphatic carboxylic acids is 1. The van der Waals surface area contributed by atoms with E-state index in [2.05, 4.69) is 6.92 Å². The van der Waals surface area contributed by atoms with Gasteiger partial charge in [0, 0.05) is 38.6 Å². The number of likely N-dealkylation sites (tertiary alicyclic amines) is 2. The van der Waals surface area contributed by atoms with Crippen LogP contribution in [0.1, 0.15) is 180 Å². The number of ketones is 2. The molecule has 2 aliphatic heterocycles. The van der Waals surface area contributed by atoms with Gasteiger partial charge in [0.25, 0.3) is 0 Å². The monoisotopic (exact) mass is 1040 g/mol. The van der Waals surface area contributed by atoms with Gasteiger partial charge in [-0.2, -0.15) is 0 Å². The molecule has 1 saturated carbocycles. The minimum Gasteiger partial charge on any atom is -0.481 e. The van der Waals surface area contributed by atoms with E-state index >= 15 is 14.4 Å². The molecule has 0 aromatic rings. The summed E-state index contributed by atoms with van der Waals surface area (Å²) < 4.78 is 16.2. The van der Waals surface area contributed by atoms with E-state index in [9.17, 15) is 29.1 Å². The first-order valence-corrected chi connectivity index (χ1v) is 28.3. The van der Waals surface area contributed by atoms with Crippen LogP contribution in [0.5, 0.6) is 0 Å². The summed E-state index contributed by atoms with van der Waals surface area (Å²) in [6.07, 6.45) is 11.2. The first-order valence-electron chi connectivity index (χ1n) is 28.3. The number of esters is 1.